The third-order valence-electron chi connectivity index (χ3n) is 5.15. The van der Waals surface area contributed by atoms with Crippen molar-refractivity contribution in [2.45, 2.75) is 11.8 Å². The van der Waals surface area contributed by atoms with Crippen LogP contribution in [-0.4, -0.2) is 11.5 Å². The maximum Gasteiger partial charge on any atom is 0.180 e. The summed E-state index contributed by atoms with van der Waals surface area (Å²) in [6.07, 6.45) is 0.687. The number of rotatable bonds is 1. The molecule has 2 nitrogen and oxygen atoms in total. The second-order valence-electron chi connectivity index (χ2n) is 6.41. The van der Waals surface area contributed by atoms with Crippen molar-refractivity contribution < 1.29 is 4.79 Å². The van der Waals surface area contributed by atoms with Crippen LogP contribution in [0.25, 0.3) is 0 Å². The number of hydrogen-bond acceptors (Lipinski definition) is 2. The number of benzene rings is 3. The summed E-state index contributed by atoms with van der Waals surface area (Å²) < 4.78 is 0. The van der Waals surface area contributed by atoms with E-state index in [1.807, 2.05) is 66.7 Å². The second kappa shape index (κ2) is 4.75. The third-order valence-corrected chi connectivity index (χ3v) is 5.15. The van der Waals surface area contributed by atoms with Crippen LogP contribution in [0.4, 0.5) is 5.69 Å². The first kappa shape index (κ1) is 13.4. The highest BCUT2D eigenvalue weighted by atomic mass is 16.1. The summed E-state index contributed by atoms with van der Waals surface area (Å²) in [4.78, 5) is 18.4. The second-order valence-corrected chi connectivity index (χ2v) is 6.41. The van der Waals surface area contributed by atoms with Crippen molar-refractivity contribution in [2.24, 2.45) is 4.99 Å². The van der Waals surface area contributed by atoms with E-state index >= 15 is 0 Å². The van der Waals surface area contributed by atoms with E-state index in [1.54, 1.807) is 0 Å². The van der Waals surface area contributed by atoms with E-state index in [4.69, 9.17) is 4.99 Å². The quantitative estimate of drug-likeness (QED) is 0.651. The molecule has 0 saturated carbocycles. The fourth-order valence-electron chi connectivity index (χ4n) is 4.08. The molecule has 2 aliphatic rings. The van der Waals surface area contributed by atoms with Gasteiger partial charge in [-0.3, -0.25) is 9.79 Å². The number of hydrogen-bond donors (Lipinski definition) is 0. The molecular weight excluding hydrogens is 294 g/mol. The Labute approximate surface area is 140 Å². The highest BCUT2D eigenvalue weighted by molar-refractivity contribution is 6.31. The molecule has 0 unspecified atom stereocenters. The molecule has 2 heteroatoms. The molecule has 5 rings (SSSR count). The third kappa shape index (κ3) is 1.60. The van der Waals surface area contributed by atoms with Crippen LogP contribution in [0.3, 0.4) is 0 Å². The van der Waals surface area contributed by atoms with Crippen molar-refractivity contribution in [3.05, 3.63) is 101 Å². The Balaban J connectivity index is 1.80. The zero-order valence-electron chi connectivity index (χ0n) is 13.1. The van der Waals surface area contributed by atoms with E-state index in [0.717, 1.165) is 33.7 Å². The van der Waals surface area contributed by atoms with E-state index < -0.39 is 5.41 Å². The van der Waals surface area contributed by atoms with Crippen molar-refractivity contribution in [1.29, 1.82) is 0 Å². The molecular formula is C22H15NO. The summed E-state index contributed by atoms with van der Waals surface area (Å²) in [7, 11) is 0. The monoisotopic (exact) mass is 309 g/mol. The summed E-state index contributed by atoms with van der Waals surface area (Å²) in [5, 5.41) is 0. The van der Waals surface area contributed by atoms with Crippen LogP contribution >= 0.6 is 0 Å². The number of Topliss-reactive ketones (excluding diaryl/α,β-unsaturated/α-hetero) is 1. The van der Waals surface area contributed by atoms with Crippen LogP contribution in [0.15, 0.2) is 83.9 Å². The lowest BCUT2D eigenvalue weighted by atomic mass is 9.72. The minimum Gasteiger partial charge on any atom is -0.293 e. The number of carbonyl (C=O) groups is 1. The number of nitrogens with zero attached hydrogens (tertiary/aromatic N) is 1. The van der Waals surface area contributed by atoms with Crippen LogP contribution < -0.4 is 0 Å². The lowest BCUT2D eigenvalue weighted by molar-refractivity contribution is 0.0947. The fraction of sp³-hybridized carbons (Fsp3) is 0.0909. The number of carbonyl (C=O) groups excluding carboxylic acids is 1. The average molecular weight is 309 g/mol. The molecule has 1 atom stereocenters. The largest absolute Gasteiger partial charge is 0.293 e. The molecule has 24 heavy (non-hydrogen) atoms. The summed E-state index contributed by atoms with van der Waals surface area (Å²) in [6.45, 7) is 0. The van der Waals surface area contributed by atoms with Gasteiger partial charge in [0.05, 0.1) is 11.4 Å². The van der Waals surface area contributed by atoms with Gasteiger partial charge in [-0.1, -0.05) is 72.8 Å². The van der Waals surface area contributed by atoms with Gasteiger partial charge >= 0.3 is 0 Å². The molecule has 1 heterocycles. The van der Waals surface area contributed by atoms with Crippen LogP contribution in [0.5, 0.6) is 0 Å². The van der Waals surface area contributed by atoms with Crippen molar-refractivity contribution in [3.8, 4) is 0 Å². The topological polar surface area (TPSA) is 29.4 Å². The smallest absolute Gasteiger partial charge is 0.180 e. The molecule has 0 aromatic heterocycles. The van der Waals surface area contributed by atoms with Crippen LogP contribution in [-0.2, 0) is 11.8 Å². The number of aliphatic imine (C=N–C) groups is 1. The fourth-order valence-corrected chi connectivity index (χ4v) is 4.08. The van der Waals surface area contributed by atoms with Gasteiger partial charge in [-0.25, -0.2) is 0 Å². The molecule has 0 N–H and O–H groups in total. The van der Waals surface area contributed by atoms with Gasteiger partial charge < -0.3 is 0 Å². The number of fused-ring (bicyclic) bond motifs is 3. The molecule has 0 amide bonds. The minimum absolute atomic E-state index is 0.172. The maximum atomic E-state index is 13.5. The molecule has 1 aliphatic carbocycles. The zero-order chi connectivity index (χ0) is 16.1. The summed E-state index contributed by atoms with van der Waals surface area (Å²) in [5.41, 5.74) is 5.12. The maximum absolute atomic E-state index is 13.5. The van der Waals surface area contributed by atoms with Crippen molar-refractivity contribution in [2.75, 3.05) is 0 Å². The van der Waals surface area contributed by atoms with Gasteiger partial charge in [0.2, 0.25) is 0 Å². The van der Waals surface area contributed by atoms with Crippen molar-refractivity contribution in [3.63, 3.8) is 0 Å². The lowest BCUT2D eigenvalue weighted by Gasteiger charge is -2.25. The van der Waals surface area contributed by atoms with E-state index in [9.17, 15) is 4.79 Å². The molecule has 3 aromatic carbocycles. The van der Waals surface area contributed by atoms with E-state index in [2.05, 4.69) is 12.1 Å². The van der Waals surface area contributed by atoms with Gasteiger partial charge in [0, 0.05) is 5.56 Å². The van der Waals surface area contributed by atoms with Gasteiger partial charge in [0.15, 0.2) is 5.78 Å². The molecule has 1 spiro atoms. The Morgan fingerprint density at radius 1 is 0.792 bits per heavy atom. The van der Waals surface area contributed by atoms with Gasteiger partial charge in [-0.15, -0.1) is 0 Å². The van der Waals surface area contributed by atoms with Crippen molar-refractivity contribution >= 4 is 17.2 Å². The first-order chi connectivity index (χ1) is 11.8. The standard InChI is InChI=1S/C22H15NO/c24-21-17-11-5-4-10-16(17)14-22(21)18-12-6-7-13-19(18)23-20(22)15-8-2-1-3-9-15/h1-13H,14H2/t22-/m0/s1. The highest BCUT2D eigenvalue weighted by Crippen LogP contribution is 2.50. The van der Waals surface area contributed by atoms with Crippen molar-refractivity contribution in [1.82, 2.24) is 0 Å². The van der Waals surface area contributed by atoms with Crippen LogP contribution in [0.1, 0.15) is 27.0 Å². The Morgan fingerprint density at radius 3 is 2.33 bits per heavy atom. The molecule has 1 aliphatic heterocycles. The molecule has 114 valence electrons. The number of para-hydroxylation sites is 1. The van der Waals surface area contributed by atoms with E-state index in [-0.39, 0.29) is 5.78 Å². The van der Waals surface area contributed by atoms with E-state index in [0.29, 0.717) is 6.42 Å². The molecule has 3 aromatic rings. The molecule has 0 fully saturated rings. The minimum atomic E-state index is -0.679. The van der Waals surface area contributed by atoms with Gasteiger partial charge in [0.1, 0.15) is 5.41 Å². The van der Waals surface area contributed by atoms with Gasteiger partial charge in [-0.2, -0.15) is 0 Å². The van der Waals surface area contributed by atoms with Gasteiger partial charge in [0.25, 0.3) is 0 Å². The Bertz CT molecular complexity index is 1000. The normalized spacial score (nSPS) is 20.8. The molecule has 0 bridgehead atoms. The van der Waals surface area contributed by atoms with E-state index in [1.165, 1.54) is 0 Å². The Morgan fingerprint density at radius 2 is 1.50 bits per heavy atom. The first-order valence-electron chi connectivity index (χ1n) is 8.17. The lowest BCUT2D eigenvalue weighted by Crippen LogP contribution is -2.40. The zero-order valence-corrected chi connectivity index (χ0v) is 13.1. The predicted molar refractivity (Wildman–Crippen MR) is 95.2 cm³/mol. The van der Waals surface area contributed by atoms with Crippen LogP contribution in [0.2, 0.25) is 0 Å². The van der Waals surface area contributed by atoms with Gasteiger partial charge in [-0.05, 0) is 29.2 Å². The molecule has 0 radical (unpaired) electrons. The summed E-state index contributed by atoms with van der Waals surface area (Å²) in [6, 6.07) is 26.1. The SMILES string of the molecule is O=C1c2ccccc2C[C@]12C(c1ccccc1)=Nc1ccccc12. The highest BCUT2D eigenvalue weighted by Gasteiger charge is 2.54. The average Bonchev–Trinajstić information content (AvgIpc) is 3.13. The number of ketones is 1. The summed E-state index contributed by atoms with van der Waals surface area (Å²) >= 11 is 0. The first-order valence-corrected chi connectivity index (χ1v) is 8.17. The Kier molecular flexibility index (Phi) is 2.66. The van der Waals surface area contributed by atoms with Crippen LogP contribution in [0, 0.1) is 0 Å². The Hall–Kier alpha value is -3.00. The molecule has 0 saturated heterocycles. The summed E-state index contributed by atoms with van der Waals surface area (Å²) in [5.74, 6) is 0.172. The predicted octanol–water partition coefficient (Wildman–Crippen LogP) is 4.50.